The van der Waals surface area contributed by atoms with Crippen molar-refractivity contribution in [3.05, 3.63) is 65.0 Å². The molecule has 0 aliphatic carbocycles. The first kappa shape index (κ1) is 27.2. The minimum atomic E-state index is -2.60. The Balaban J connectivity index is 1.17. The number of alkyl halides is 2. The fourth-order valence-electron chi connectivity index (χ4n) is 4.85. The highest BCUT2D eigenvalue weighted by molar-refractivity contribution is 7.14. The number of benzene rings is 2. The number of nitrogens with one attached hydrogen (secondary N) is 2. The molecule has 2 aliphatic rings. The van der Waals surface area contributed by atoms with E-state index >= 15 is 0 Å². The lowest BCUT2D eigenvalue weighted by atomic mass is 9.78. The molecule has 2 fully saturated rings. The molecule has 2 aliphatic heterocycles. The minimum absolute atomic E-state index is 0.0934. The summed E-state index contributed by atoms with van der Waals surface area (Å²) in [5.74, 6) is -0.970. The van der Waals surface area contributed by atoms with E-state index < -0.39 is 23.7 Å². The Kier molecular flexibility index (Phi) is 7.92. The molecule has 3 aromatic rings. The molecule has 0 bridgehead atoms. The Morgan fingerprint density at radius 2 is 1.87 bits per heavy atom. The molecule has 5 rings (SSSR count). The lowest BCUT2D eigenvalue weighted by Gasteiger charge is -2.41. The van der Waals surface area contributed by atoms with Crippen LogP contribution in [0.15, 0.2) is 53.9 Å². The van der Waals surface area contributed by atoms with E-state index in [1.165, 1.54) is 23.5 Å². The highest BCUT2D eigenvalue weighted by Crippen LogP contribution is 2.38. The van der Waals surface area contributed by atoms with Crippen molar-refractivity contribution in [1.29, 1.82) is 0 Å². The standard InChI is InChI=1S/C28H30F2N4O4S/c1-17-12-34(13-18(2)38-17)22-8-4-5-19(10-22)23-14-39-27(32-23)33-24(35)11-31-25(36)20-6-3-7-21(9-20)28(26(29)30)15-37-16-28/h3-10,14,17-18,26H,11-13,15-16H2,1-2H3,(H,31,36)(H,32,33,35)/t17-,18+. The van der Waals surface area contributed by atoms with E-state index in [1.807, 2.05) is 17.5 Å². The first-order chi connectivity index (χ1) is 18.7. The number of carbonyl (C=O) groups excluding carboxylic acids is 2. The van der Waals surface area contributed by atoms with Gasteiger partial charge in [-0.2, -0.15) is 0 Å². The van der Waals surface area contributed by atoms with Crippen LogP contribution in [0.3, 0.4) is 0 Å². The quantitative estimate of drug-likeness (QED) is 0.429. The van der Waals surface area contributed by atoms with Crippen molar-refractivity contribution in [3.8, 4) is 11.3 Å². The van der Waals surface area contributed by atoms with Crippen LogP contribution in [0, 0.1) is 0 Å². The molecule has 206 valence electrons. The number of thiazole rings is 1. The normalized spacial score (nSPS) is 20.4. The van der Waals surface area contributed by atoms with Crippen molar-refractivity contribution < 1.29 is 27.8 Å². The van der Waals surface area contributed by atoms with Gasteiger partial charge >= 0.3 is 0 Å². The van der Waals surface area contributed by atoms with Gasteiger partial charge in [0.25, 0.3) is 12.3 Å². The van der Waals surface area contributed by atoms with Crippen LogP contribution < -0.4 is 15.5 Å². The lowest BCUT2D eigenvalue weighted by Crippen LogP contribution is -2.52. The van der Waals surface area contributed by atoms with Crippen molar-refractivity contribution in [1.82, 2.24) is 10.3 Å². The Morgan fingerprint density at radius 1 is 1.13 bits per heavy atom. The number of rotatable bonds is 8. The Labute approximate surface area is 229 Å². The van der Waals surface area contributed by atoms with Gasteiger partial charge in [0.1, 0.15) is 5.41 Å². The Morgan fingerprint density at radius 3 is 2.56 bits per heavy atom. The first-order valence-electron chi connectivity index (χ1n) is 12.7. The summed E-state index contributed by atoms with van der Waals surface area (Å²) in [4.78, 5) is 31.9. The lowest BCUT2D eigenvalue weighted by molar-refractivity contribution is -0.133. The van der Waals surface area contributed by atoms with Crippen molar-refractivity contribution in [2.75, 3.05) is 43.1 Å². The maximum atomic E-state index is 13.6. The zero-order valence-corrected chi connectivity index (χ0v) is 22.5. The average Bonchev–Trinajstić information content (AvgIpc) is 3.34. The maximum Gasteiger partial charge on any atom is 0.252 e. The van der Waals surface area contributed by atoms with Gasteiger partial charge in [-0.15, -0.1) is 11.3 Å². The molecule has 0 spiro atoms. The molecule has 3 heterocycles. The fourth-order valence-corrected chi connectivity index (χ4v) is 5.59. The zero-order chi connectivity index (χ0) is 27.6. The molecular weight excluding hydrogens is 526 g/mol. The summed E-state index contributed by atoms with van der Waals surface area (Å²) in [6, 6.07) is 14.2. The predicted octanol–water partition coefficient (Wildman–Crippen LogP) is 4.33. The molecule has 2 saturated heterocycles. The smallest absolute Gasteiger partial charge is 0.252 e. The number of hydrogen-bond acceptors (Lipinski definition) is 7. The summed E-state index contributed by atoms with van der Waals surface area (Å²) in [7, 11) is 0. The van der Waals surface area contributed by atoms with Crippen LogP contribution in [0.2, 0.25) is 0 Å². The number of ether oxygens (including phenoxy) is 2. The molecule has 2 amide bonds. The summed E-state index contributed by atoms with van der Waals surface area (Å²) in [6.45, 7) is 5.27. The first-order valence-corrected chi connectivity index (χ1v) is 13.6. The molecule has 0 saturated carbocycles. The summed E-state index contributed by atoms with van der Waals surface area (Å²) in [5.41, 5.74) is 1.91. The molecular formula is C28H30F2N4O4S. The summed E-state index contributed by atoms with van der Waals surface area (Å²) >= 11 is 1.29. The Hall–Kier alpha value is -3.41. The molecule has 39 heavy (non-hydrogen) atoms. The molecule has 2 aromatic carbocycles. The third kappa shape index (κ3) is 5.95. The third-order valence-corrected chi connectivity index (χ3v) is 7.68. The SMILES string of the molecule is C[C@@H]1CN(c2cccc(-c3csc(NC(=O)CNC(=O)c4cccc(C5(C(F)F)COC5)c4)n3)c2)C[C@H](C)O1. The van der Waals surface area contributed by atoms with E-state index in [9.17, 15) is 18.4 Å². The predicted molar refractivity (Wildman–Crippen MR) is 146 cm³/mol. The third-order valence-electron chi connectivity index (χ3n) is 6.92. The molecule has 2 atom stereocenters. The number of hydrogen-bond donors (Lipinski definition) is 2. The van der Waals surface area contributed by atoms with E-state index in [0.29, 0.717) is 10.7 Å². The highest BCUT2D eigenvalue weighted by atomic mass is 32.1. The average molecular weight is 557 g/mol. The van der Waals surface area contributed by atoms with Crippen molar-refractivity contribution >= 4 is 34.0 Å². The molecule has 2 N–H and O–H groups in total. The number of nitrogens with zero attached hydrogens (tertiary/aromatic N) is 2. The van der Waals surface area contributed by atoms with Crippen LogP contribution in [-0.4, -0.2) is 68.3 Å². The molecule has 1 aromatic heterocycles. The molecule has 0 unspecified atom stereocenters. The largest absolute Gasteiger partial charge is 0.379 e. The second kappa shape index (κ2) is 11.4. The number of anilines is 2. The van der Waals surface area contributed by atoms with Gasteiger partial charge in [0.05, 0.1) is 37.7 Å². The second-order valence-electron chi connectivity index (χ2n) is 10.0. The molecule has 11 heteroatoms. The van der Waals surface area contributed by atoms with E-state index in [0.717, 1.165) is 30.0 Å². The zero-order valence-electron chi connectivity index (χ0n) is 21.7. The van der Waals surface area contributed by atoms with Crippen LogP contribution >= 0.6 is 11.3 Å². The van der Waals surface area contributed by atoms with E-state index in [1.54, 1.807) is 12.1 Å². The van der Waals surface area contributed by atoms with Gasteiger partial charge in [-0.05, 0) is 43.7 Å². The topological polar surface area (TPSA) is 92.8 Å². The Bertz CT molecular complexity index is 1340. The summed E-state index contributed by atoms with van der Waals surface area (Å²) < 4.78 is 38.1. The van der Waals surface area contributed by atoms with Crippen LogP contribution in [0.4, 0.5) is 19.6 Å². The van der Waals surface area contributed by atoms with Crippen LogP contribution in [-0.2, 0) is 19.7 Å². The van der Waals surface area contributed by atoms with Crippen LogP contribution in [0.1, 0.15) is 29.8 Å². The van der Waals surface area contributed by atoms with Gasteiger partial charge in [0.2, 0.25) is 5.91 Å². The van der Waals surface area contributed by atoms with Crippen LogP contribution in [0.25, 0.3) is 11.3 Å². The van der Waals surface area contributed by atoms with Gasteiger partial charge in [-0.1, -0.05) is 24.3 Å². The van der Waals surface area contributed by atoms with Gasteiger partial charge in [-0.25, -0.2) is 13.8 Å². The van der Waals surface area contributed by atoms with Gasteiger partial charge < -0.3 is 25.0 Å². The van der Waals surface area contributed by atoms with Crippen LogP contribution in [0.5, 0.6) is 0 Å². The van der Waals surface area contributed by atoms with Crippen molar-refractivity contribution in [2.24, 2.45) is 0 Å². The molecule has 0 radical (unpaired) electrons. The van der Waals surface area contributed by atoms with E-state index in [2.05, 4.69) is 46.5 Å². The van der Waals surface area contributed by atoms with Crippen molar-refractivity contribution in [2.45, 2.75) is 37.9 Å². The number of amides is 2. The summed E-state index contributed by atoms with van der Waals surface area (Å²) in [6.07, 6.45) is -2.31. The fraction of sp³-hybridized carbons (Fsp3) is 0.393. The van der Waals surface area contributed by atoms with Gasteiger partial charge in [0, 0.05) is 35.3 Å². The minimum Gasteiger partial charge on any atom is -0.379 e. The highest BCUT2D eigenvalue weighted by Gasteiger charge is 2.48. The van der Waals surface area contributed by atoms with Crippen molar-refractivity contribution in [3.63, 3.8) is 0 Å². The van der Waals surface area contributed by atoms with E-state index in [-0.39, 0.29) is 37.5 Å². The second-order valence-corrected chi connectivity index (χ2v) is 10.9. The number of carbonyl (C=O) groups is 2. The van der Waals surface area contributed by atoms with Gasteiger partial charge in [0.15, 0.2) is 5.13 Å². The maximum absolute atomic E-state index is 13.6. The van der Waals surface area contributed by atoms with Gasteiger partial charge in [-0.3, -0.25) is 9.59 Å². The number of morpholine rings is 1. The number of aromatic nitrogens is 1. The van der Waals surface area contributed by atoms with E-state index in [4.69, 9.17) is 9.47 Å². The number of halogens is 2. The summed E-state index contributed by atoms with van der Waals surface area (Å²) in [5, 5.41) is 7.53. The monoisotopic (exact) mass is 556 g/mol. The molecule has 8 nitrogen and oxygen atoms in total.